The Balaban J connectivity index is 1.27. The summed E-state index contributed by atoms with van der Waals surface area (Å²) in [6.07, 6.45) is 16.2. The first-order chi connectivity index (χ1) is 17.6. The van der Waals surface area contributed by atoms with Crippen LogP contribution in [0.4, 0.5) is 0 Å². The van der Waals surface area contributed by atoms with E-state index in [1.165, 1.54) is 22.4 Å². The largest absolute Gasteiger partial charge is 0.390 e. The molecule has 0 saturated carbocycles. The number of nitrogens with one attached hydrogen (secondary N) is 3. The van der Waals surface area contributed by atoms with Gasteiger partial charge in [0.15, 0.2) is 0 Å². The molecule has 5 rings (SSSR count). The Morgan fingerprint density at radius 1 is 1.25 bits per heavy atom. The molecule has 0 bridgehead atoms. The van der Waals surface area contributed by atoms with Crippen LogP contribution in [0.25, 0.3) is 5.57 Å². The summed E-state index contributed by atoms with van der Waals surface area (Å²) in [5.41, 5.74) is 6.86. The number of piperidine rings is 1. The van der Waals surface area contributed by atoms with E-state index in [2.05, 4.69) is 70.7 Å². The number of nitrogens with zero attached hydrogens (tertiary/aromatic N) is 2. The van der Waals surface area contributed by atoms with Gasteiger partial charge in [-0.05, 0) is 61.2 Å². The highest BCUT2D eigenvalue weighted by molar-refractivity contribution is 5.94. The lowest BCUT2D eigenvalue weighted by Gasteiger charge is -2.38. The van der Waals surface area contributed by atoms with Gasteiger partial charge in [0.05, 0.1) is 6.07 Å². The molecular weight excluding hydrogens is 446 g/mol. The lowest BCUT2D eigenvalue weighted by molar-refractivity contribution is -0.128. The zero-order valence-corrected chi connectivity index (χ0v) is 21.0. The van der Waals surface area contributed by atoms with Gasteiger partial charge in [-0.2, -0.15) is 5.26 Å². The third-order valence-corrected chi connectivity index (χ3v) is 7.63. The molecule has 2 atom stereocenters. The van der Waals surface area contributed by atoms with Crippen molar-refractivity contribution in [2.45, 2.75) is 38.6 Å². The molecule has 1 aromatic rings. The summed E-state index contributed by atoms with van der Waals surface area (Å²) in [7, 11) is 0. The van der Waals surface area contributed by atoms with E-state index in [-0.39, 0.29) is 5.91 Å². The Kier molecular flexibility index (Phi) is 7.27. The molecule has 36 heavy (non-hydrogen) atoms. The number of carbonyl (C=O) groups is 1. The van der Waals surface area contributed by atoms with Crippen molar-refractivity contribution in [1.29, 1.82) is 5.26 Å². The zero-order chi connectivity index (χ0) is 24.9. The molecule has 2 unspecified atom stereocenters. The van der Waals surface area contributed by atoms with Crippen LogP contribution in [0.5, 0.6) is 0 Å². The quantitative estimate of drug-likeness (QED) is 0.576. The number of hydrogen-bond acceptors (Lipinski definition) is 5. The van der Waals surface area contributed by atoms with Crippen molar-refractivity contribution in [3.8, 4) is 6.07 Å². The van der Waals surface area contributed by atoms with Crippen molar-refractivity contribution in [2.24, 2.45) is 11.8 Å². The summed E-state index contributed by atoms with van der Waals surface area (Å²) in [6, 6.07) is 11.2. The van der Waals surface area contributed by atoms with Crippen molar-refractivity contribution in [2.75, 3.05) is 26.2 Å². The van der Waals surface area contributed by atoms with Gasteiger partial charge in [0.2, 0.25) is 0 Å². The van der Waals surface area contributed by atoms with Crippen LogP contribution in [0, 0.1) is 23.2 Å². The highest BCUT2D eigenvalue weighted by Crippen LogP contribution is 2.35. The lowest BCUT2D eigenvalue weighted by Crippen LogP contribution is -2.47. The first kappa shape index (κ1) is 24.0. The number of allylic oxidation sites excluding steroid dienone is 7. The number of benzene rings is 1. The molecule has 186 valence electrons. The summed E-state index contributed by atoms with van der Waals surface area (Å²) >= 11 is 0. The molecule has 1 aliphatic carbocycles. The molecule has 6 heteroatoms. The third-order valence-electron chi connectivity index (χ3n) is 7.63. The second-order valence-electron chi connectivity index (χ2n) is 10.1. The Hall–Kier alpha value is -3.72. The summed E-state index contributed by atoms with van der Waals surface area (Å²) in [4.78, 5) is 15.0. The minimum Gasteiger partial charge on any atom is -0.390 e. The van der Waals surface area contributed by atoms with Gasteiger partial charge in [-0.25, -0.2) is 0 Å². The molecule has 4 aliphatic rings. The van der Waals surface area contributed by atoms with Crippen LogP contribution in [-0.4, -0.2) is 43.0 Å². The molecule has 0 aromatic heterocycles. The van der Waals surface area contributed by atoms with E-state index in [0.717, 1.165) is 50.2 Å². The Morgan fingerprint density at radius 2 is 2.11 bits per heavy atom. The molecule has 3 N–H and O–H groups in total. The summed E-state index contributed by atoms with van der Waals surface area (Å²) < 4.78 is 0. The zero-order valence-electron chi connectivity index (χ0n) is 21.0. The molecule has 3 aliphatic heterocycles. The standard InChI is InChI=1S/C30H35N5O/c1-21-7-8-25(19-33-21)30(36)35-14-10-27(11-15-35)34-29-18-26(17-24-9-13-32-20-28(24)29)23-6-2-4-22(16-23)5-3-12-31/h2,4,6-9,13,16-18,24,27-28,32-34H,3,5,10-11,14-15,19-20H2,1H3. The normalized spacial score (nSPS) is 23.6. The highest BCUT2D eigenvalue weighted by atomic mass is 16.2. The van der Waals surface area contributed by atoms with Crippen molar-refractivity contribution in [1.82, 2.24) is 20.9 Å². The minimum absolute atomic E-state index is 0.157. The van der Waals surface area contributed by atoms with Crippen molar-refractivity contribution in [3.63, 3.8) is 0 Å². The molecule has 0 spiro atoms. The number of likely N-dealkylation sites (tertiary alicyclic amines) is 1. The SMILES string of the molecule is CC1=CC=C(C(=O)N2CCC(NC3=CC(c4cccc(CCC#N)c4)=CC4C=CNCC34)CC2)CN1. The molecule has 1 amide bonds. The topological polar surface area (TPSA) is 80.2 Å². The second kappa shape index (κ2) is 10.9. The van der Waals surface area contributed by atoms with Gasteiger partial charge in [0, 0.05) is 67.4 Å². The van der Waals surface area contributed by atoms with Crippen LogP contribution < -0.4 is 16.0 Å². The molecule has 1 aromatic carbocycles. The molecular formula is C30H35N5O. The van der Waals surface area contributed by atoms with Crippen LogP contribution in [0.3, 0.4) is 0 Å². The van der Waals surface area contributed by atoms with Crippen LogP contribution in [-0.2, 0) is 11.2 Å². The van der Waals surface area contributed by atoms with E-state index in [0.29, 0.717) is 30.8 Å². The number of dihydropyridines is 1. The second-order valence-corrected chi connectivity index (χ2v) is 10.1. The van der Waals surface area contributed by atoms with Crippen LogP contribution in [0.1, 0.15) is 37.3 Å². The summed E-state index contributed by atoms with van der Waals surface area (Å²) in [6.45, 7) is 5.10. The van der Waals surface area contributed by atoms with E-state index in [1.807, 2.05) is 24.0 Å². The van der Waals surface area contributed by atoms with Crippen LogP contribution >= 0.6 is 0 Å². The van der Waals surface area contributed by atoms with Gasteiger partial charge < -0.3 is 20.9 Å². The van der Waals surface area contributed by atoms with Crippen molar-refractivity contribution < 1.29 is 4.79 Å². The number of aryl methyl sites for hydroxylation is 1. The molecule has 1 fully saturated rings. The van der Waals surface area contributed by atoms with Crippen LogP contribution in [0.15, 0.2) is 77.8 Å². The van der Waals surface area contributed by atoms with E-state index >= 15 is 0 Å². The van der Waals surface area contributed by atoms with E-state index < -0.39 is 0 Å². The number of amides is 1. The molecule has 3 heterocycles. The van der Waals surface area contributed by atoms with Gasteiger partial charge in [0.1, 0.15) is 0 Å². The van der Waals surface area contributed by atoms with Gasteiger partial charge >= 0.3 is 0 Å². The van der Waals surface area contributed by atoms with Gasteiger partial charge in [-0.15, -0.1) is 0 Å². The highest BCUT2D eigenvalue weighted by Gasteiger charge is 2.31. The van der Waals surface area contributed by atoms with Gasteiger partial charge in [0.25, 0.3) is 5.91 Å². The monoisotopic (exact) mass is 481 g/mol. The number of hydrogen-bond donors (Lipinski definition) is 3. The fourth-order valence-electron chi connectivity index (χ4n) is 5.49. The third kappa shape index (κ3) is 5.41. The fraction of sp³-hybridized carbons (Fsp3) is 0.400. The molecule has 6 nitrogen and oxygen atoms in total. The minimum atomic E-state index is 0.157. The van der Waals surface area contributed by atoms with E-state index in [4.69, 9.17) is 5.26 Å². The first-order valence-corrected chi connectivity index (χ1v) is 13.1. The van der Waals surface area contributed by atoms with Gasteiger partial charge in [-0.1, -0.05) is 42.5 Å². The van der Waals surface area contributed by atoms with Crippen molar-refractivity contribution in [3.05, 3.63) is 88.9 Å². The molecule has 1 saturated heterocycles. The summed E-state index contributed by atoms with van der Waals surface area (Å²) in [5, 5.41) is 19.5. The van der Waals surface area contributed by atoms with Crippen LogP contribution in [0.2, 0.25) is 0 Å². The molecule has 0 radical (unpaired) electrons. The predicted octanol–water partition coefficient (Wildman–Crippen LogP) is 3.79. The Labute approximate surface area is 214 Å². The van der Waals surface area contributed by atoms with Gasteiger partial charge in [-0.3, -0.25) is 4.79 Å². The smallest absolute Gasteiger partial charge is 0.251 e. The Bertz CT molecular complexity index is 1190. The number of carbonyl (C=O) groups excluding carboxylic acids is 1. The lowest BCUT2D eigenvalue weighted by atomic mass is 9.79. The Morgan fingerprint density at radius 3 is 2.89 bits per heavy atom. The van der Waals surface area contributed by atoms with E-state index in [9.17, 15) is 4.79 Å². The maximum Gasteiger partial charge on any atom is 0.251 e. The van der Waals surface area contributed by atoms with Crippen molar-refractivity contribution >= 4 is 11.5 Å². The number of fused-ring (bicyclic) bond motifs is 1. The predicted molar refractivity (Wildman–Crippen MR) is 143 cm³/mol. The number of rotatable bonds is 6. The average molecular weight is 482 g/mol. The van der Waals surface area contributed by atoms with E-state index in [1.54, 1.807) is 0 Å². The maximum absolute atomic E-state index is 13.0. The maximum atomic E-state index is 13.0. The summed E-state index contributed by atoms with van der Waals surface area (Å²) in [5.74, 6) is 0.888. The number of nitriles is 1. The first-order valence-electron chi connectivity index (χ1n) is 13.1. The fourth-order valence-corrected chi connectivity index (χ4v) is 5.49. The average Bonchev–Trinajstić information content (AvgIpc) is 2.92.